The molecular weight excluding hydrogens is 303 g/mol. The molecule has 2 rings (SSSR count). The van der Waals surface area contributed by atoms with Gasteiger partial charge in [-0.05, 0) is 52.0 Å². The molecule has 5 heteroatoms. The molecule has 0 aliphatic heterocycles. The summed E-state index contributed by atoms with van der Waals surface area (Å²) in [6, 6.07) is 3.39. The number of aliphatic carboxylic acids is 1. The highest BCUT2D eigenvalue weighted by atomic mass is 79.9. The van der Waals surface area contributed by atoms with Crippen LogP contribution in [0.3, 0.4) is 0 Å². The van der Waals surface area contributed by atoms with Crippen molar-refractivity contribution in [2.45, 2.75) is 31.3 Å². The Morgan fingerprint density at radius 2 is 2.22 bits per heavy atom. The van der Waals surface area contributed by atoms with Crippen LogP contribution in [0.15, 0.2) is 16.6 Å². The third-order valence-electron chi connectivity index (χ3n) is 3.31. The molecule has 0 bridgehead atoms. The molecule has 1 saturated carbocycles. The number of halogens is 2. The Kier molecular flexibility index (Phi) is 3.73. The first-order valence-corrected chi connectivity index (χ1v) is 6.47. The Hall–Kier alpha value is -0.940. The number of benzene rings is 1. The number of carboxylic acids is 1. The number of carbonyl (C=O) groups is 1. The average molecular weight is 317 g/mol. The van der Waals surface area contributed by atoms with Crippen LogP contribution in [0.25, 0.3) is 0 Å². The predicted octanol–water partition coefficient (Wildman–Crippen LogP) is 3.24. The van der Waals surface area contributed by atoms with Crippen LogP contribution < -0.4 is 0 Å². The Balaban J connectivity index is 2.40. The number of rotatable bonds is 5. The van der Waals surface area contributed by atoms with Gasteiger partial charge in [0.25, 0.3) is 0 Å². The van der Waals surface area contributed by atoms with Gasteiger partial charge < -0.3 is 9.84 Å². The first-order chi connectivity index (χ1) is 8.48. The van der Waals surface area contributed by atoms with Crippen LogP contribution in [0, 0.1) is 5.82 Å². The fraction of sp³-hybridized carbons (Fsp3) is 0.462. The molecule has 0 spiro atoms. The predicted molar refractivity (Wildman–Crippen MR) is 68.0 cm³/mol. The van der Waals surface area contributed by atoms with Crippen LogP contribution in [0.5, 0.6) is 0 Å². The zero-order valence-electron chi connectivity index (χ0n) is 10.0. The lowest BCUT2D eigenvalue weighted by Crippen LogP contribution is -2.15. The van der Waals surface area contributed by atoms with Gasteiger partial charge in [-0.25, -0.2) is 4.39 Å². The Morgan fingerprint density at radius 1 is 1.56 bits per heavy atom. The van der Waals surface area contributed by atoms with Gasteiger partial charge in [0.05, 0.1) is 17.5 Å². The topological polar surface area (TPSA) is 46.5 Å². The molecule has 1 N–H and O–H groups in total. The molecule has 1 aromatic rings. The fourth-order valence-corrected chi connectivity index (χ4v) is 2.77. The standard InChI is InChI=1S/C13H14BrFO3/c1-18-7-8-4-9(12(15)10(14)5-8)13(2-3-13)6-11(16)17/h4-5H,2-3,6-7H2,1H3,(H,16,17). The van der Waals surface area contributed by atoms with Crippen molar-refractivity contribution in [3.63, 3.8) is 0 Å². The number of methoxy groups -OCH3 is 1. The number of ether oxygens (including phenoxy) is 1. The molecule has 18 heavy (non-hydrogen) atoms. The van der Waals surface area contributed by atoms with Gasteiger partial charge in [0.15, 0.2) is 0 Å². The van der Waals surface area contributed by atoms with Crippen LogP contribution in [0.4, 0.5) is 4.39 Å². The van der Waals surface area contributed by atoms with E-state index in [9.17, 15) is 9.18 Å². The fourth-order valence-electron chi connectivity index (χ4n) is 2.26. The first kappa shape index (κ1) is 13.5. The quantitative estimate of drug-likeness (QED) is 0.907. The lowest BCUT2D eigenvalue weighted by Gasteiger charge is -2.16. The molecule has 3 nitrogen and oxygen atoms in total. The molecule has 0 radical (unpaired) electrons. The monoisotopic (exact) mass is 316 g/mol. The second kappa shape index (κ2) is 4.97. The third-order valence-corrected chi connectivity index (χ3v) is 3.89. The molecule has 0 heterocycles. The molecule has 0 saturated heterocycles. The Labute approximate surface area is 113 Å². The van der Waals surface area contributed by atoms with E-state index in [1.54, 1.807) is 19.2 Å². The van der Waals surface area contributed by atoms with Gasteiger partial charge in [0.1, 0.15) is 5.82 Å². The maximum absolute atomic E-state index is 14.1. The normalized spacial score (nSPS) is 16.6. The van der Waals surface area contributed by atoms with Gasteiger partial charge in [0, 0.05) is 12.5 Å². The van der Waals surface area contributed by atoms with Gasteiger partial charge >= 0.3 is 5.97 Å². The van der Waals surface area contributed by atoms with Crippen molar-refractivity contribution in [1.29, 1.82) is 0 Å². The van der Waals surface area contributed by atoms with Crippen molar-refractivity contribution in [2.75, 3.05) is 7.11 Å². The Morgan fingerprint density at radius 3 is 2.72 bits per heavy atom. The van der Waals surface area contributed by atoms with E-state index in [4.69, 9.17) is 9.84 Å². The highest BCUT2D eigenvalue weighted by Crippen LogP contribution is 2.52. The van der Waals surface area contributed by atoms with Crippen molar-refractivity contribution in [3.05, 3.63) is 33.5 Å². The minimum absolute atomic E-state index is 0.0210. The van der Waals surface area contributed by atoms with Gasteiger partial charge in [-0.1, -0.05) is 0 Å². The van der Waals surface area contributed by atoms with Crippen LogP contribution in [-0.2, 0) is 21.6 Å². The maximum Gasteiger partial charge on any atom is 0.304 e. The first-order valence-electron chi connectivity index (χ1n) is 5.68. The largest absolute Gasteiger partial charge is 0.481 e. The van der Waals surface area contributed by atoms with E-state index in [1.165, 1.54) is 0 Å². The van der Waals surface area contributed by atoms with E-state index in [1.807, 2.05) is 0 Å². The second-order valence-corrected chi connectivity index (χ2v) is 5.58. The highest BCUT2D eigenvalue weighted by Gasteiger charge is 2.48. The SMILES string of the molecule is COCc1cc(Br)c(F)c(C2(CC(=O)O)CC2)c1. The molecule has 1 aliphatic carbocycles. The van der Waals surface area contributed by atoms with Gasteiger partial charge in [0.2, 0.25) is 0 Å². The molecule has 0 amide bonds. The molecule has 0 unspecified atom stereocenters. The van der Waals surface area contributed by atoms with E-state index < -0.39 is 11.4 Å². The van der Waals surface area contributed by atoms with Crippen molar-refractivity contribution < 1.29 is 19.0 Å². The summed E-state index contributed by atoms with van der Waals surface area (Å²) in [5.41, 5.74) is 0.811. The summed E-state index contributed by atoms with van der Waals surface area (Å²) < 4.78 is 19.5. The molecule has 0 aromatic heterocycles. The van der Waals surface area contributed by atoms with Crippen molar-refractivity contribution >= 4 is 21.9 Å². The summed E-state index contributed by atoms with van der Waals surface area (Å²) >= 11 is 3.18. The molecule has 0 atom stereocenters. The van der Waals surface area contributed by atoms with E-state index in [2.05, 4.69) is 15.9 Å². The highest BCUT2D eigenvalue weighted by molar-refractivity contribution is 9.10. The van der Waals surface area contributed by atoms with Crippen LogP contribution in [-0.4, -0.2) is 18.2 Å². The minimum atomic E-state index is -0.889. The minimum Gasteiger partial charge on any atom is -0.481 e. The second-order valence-electron chi connectivity index (χ2n) is 4.72. The van der Waals surface area contributed by atoms with E-state index in [-0.39, 0.29) is 12.2 Å². The van der Waals surface area contributed by atoms with Crippen LogP contribution >= 0.6 is 15.9 Å². The van der Waals surface area contributed by atoms with Crippen molar-refractivity contribution in [1.82, 2.24) is 0 Å². The lowest BCUT2D eigenvalue weighted by atomic mass is 9.90. The van der Waals surface area contributed by atoms with Crippen molar-refractivity contribution in [2.24, 2.45) is 0 Å². The molecule has 1 aliphatic rings. The summed E-state index contributed by atoms with van der Waals surface area (Å²) in [6.45, 7) is 0.384. The third kappa shape index (κ3) is 2.57. The Bertz CT molecular complexity index is 483. The van der Waals surface area contributed by atoms with E-state index >= 15 is 0 Å². The van der Waals surface area contributed by atoms with Gasteiger partial charge in [-0.15, -0.1) is 0 Å². The molecule has 1 aromatic carbocycles. The number of carboxylic acid groups (broad SMARTS) is 1. The van der Waals surface area contributed by atoms with Crippen LogP contribution in [0.1, 0.15) is 30.4 Å². The summed E-state index contributed by atoms with van der Waals surface area (Å²) in [4.78, 5) is 10.9. The van der Waals surface area contributed by atoms with E-state index in [0.717, 1.165) is 18.4 Å². The average Bonchev–Trinajstić information content (AvgIpc) is 3.03. The summed E-state index contributed by atoms with van der Waals surface area (Å²) in [6.07, 6.45) is 1.42. The van der Waals surface area contributed by atoms with Crippen LogP contribution in [0.2, 0.25) is 0 Å². The van der Waals surface area contributed by atoms with E-state index in [0.29, 0.717) is 16.6 Å². The summed E-state index contributed by atoms with van der Waals surface area (Å²) in [7, 11) is 1.57. The number of hydrogen-bond acceptors (Lipinski definition) is 2. The van der Waals surface area contributed by atoms with Gasteiger partial charge in [-0.2, -0.15) is 0 Å². The number of hydrogen-bond donors (Lipinski definition) is 1. The smallest absolute Gasteiger partial charge is 0.304 e. The van der Waals surface area contributed by atoms with Gasteiger partial charge in [-0.3, -0.25) is 4.79 Å². The lowest BCUT2D eigenvalue weighted by molar-refractivity contribution is -0.137. The van der Waals surface area contributed by atoms with Crippen molar-refractivity contribution in [3.8, 4) is 0 Å². The molecular formula is C13H14BrFO3. The zero-order chi connectivity index (χ0) is 13.3. The molecule has 98 valence electrons. The zero-order valence-corrected chi connectivity index (χ0v) is 11.6. The maximum atomic E-state index is 14.1. The summed E-state index contributed by atoms with van der Waals surface area (Å²) in [5.74, 6) is -1.24. The molecule has 1 fully saturated rings. The summed E-state index contributed by atoms with van der Waals surface area (Å²) in [5, 5.41) is 8.92.